The minimum atomic E-state index is 0.360. The lowest BCUT2D eigenvalue weighted by atomic mass is 10.2. The number of hydrogen-bond acceptors (Lipinski definition) is 3. The molecule has 1 aliphatic rings. The van der Waals surface area contributed by atoms with E-state index < -0.39 is 0 Å². The molecule has 80 valence electrons. The van der Waals surface area contributed by atoms with Crippen LogP contribution in [0.5, 0.6) is 0 Å². The predicted molar refractivity (Wildman–Crippen MR) is 58.2 cm³/mol. The first kappa shape index (κ1) is 11.5. The molecule has 1 unspecified atom stereocenters. The molecule has 1 heterocycles. The van der Waals surface area contributed by atoms with Crippen molar-refractivity contribution in [3.8, 4) is 11.8 Å². The van der Waals surface area contributed by atoms with Gasteiger partial charge in [-0.15, -0.1) is 0 Å². The van der Waals surface area contributed by atoms with Gasteiger partial charge in [0.05, 0.1) is 25.8 Å². The van der Waals surface area contributed by atoms with Crippen LogP contribution in [-0.2, 0) is 4.74 Å². The fourth-order valence-corrected chi connectivity index (χ4v) is 1.41. The molecule has 0 aliphatic carbocycles. The maximum absolute atomic E-state index is 5.29. The number of nitrogens with zero attached hydrogens (tertiary/aromatic N) is 2. The highest BCUT2D eigenvalue weighted by Gasteiger charge is 2.14. The predicted octanol–water partition coefficient (Wildman–Crippen LogP) is 0.272. The smallest absolute Gasteiger partial charge is 0.0688 e. The van der Waals surface area contributed by atoms with Crippen LogP contribution in [0.2, 0.25) is 0 Å². The maximum Gasteiger partial charge on any atom is 0.0688 e. The van der Waals surface area contributed by atoms with Gasteiger partial charge in [0.25, 0.3) is 0 Å². The molecule has 3 nitrogen and oxygen atoms in total. The van der Waals surface area contributed by atoms with Gasteiger partial charge in [0.1, 0.15) is 0 Å². The van der Waals surface area contributed by atoms with E-state index in [1.54, 1.807) is 0 Å². The largest absolute Gasteiger partial charge is 0.379 e. The SMILES string of the molecule is CC(C#CCN(C)C)N1CCOCC1. The van der Waals surface area contributed by atoms with Crippen LogP contribution in [0.4, 0.5) is 0 Å². The zero-order chi connectivity index (χ0) is 10.4. The van der Waals surface area contributed by atoms with Crippen molar-refractivity contribution in [3.63, 3.8) is 0 Å². The van der Waals surface area contributed by atoms with Crippen molar-refractivity contribution >= 4 is 0 Å². The molecule has 1 fully saturated rings. The number of ether oxygens (including phenoxy) is 1. The van der Waals surface area contributed by atoms with Crippen molar-refractivity contribution in [1.82, 2.24) is 9.80 Å². The molecule has 0 aromatic rings. The fourth-order valence-electron chi connectivity index (χ4n) is 1.41. The third-order valence-electron chi connectivity index (χ3n) is 2.30. The molecular formula is C11H20N2O. The van der Waals surface area contributed by atoms with E-state index >= 15 is 0 Å². The Morgan fingerprint density at radius 3 is 2.57 bits per heavy atom. The molecule has 14 heavy (non-hydrogen) atoms. The number of rotatable bonds is 2. The summed E-state index contributed by atoms with van der Waals surface area (Å²) in [6.07, 6.45) is 0. The van der Waals surface area contributed by atoms with Crippen LogP contribution in [0, 0.1) is 11.8 Å². The summed E-state index contributed by atoms with van der Waals surface area (Å²) >= 11 is 0. The van der Waals surface area contributed by atoms with Crippen molar-refractivity contribution in [1.29, 1.82) is 0 Å². The second-order valence-corrected chi connectivity index (χ2v) is 3.88. The van der Waals surface area contributed by atoms with Gasteiger partial charge in [0.15, 0.2) is 0 Å². The lowest BCUT2D eigenvalue weighted by molar-refractivity contribution is 0.0302. The first-order valence-corrected chi connectivity index (χ1v) is 5.15. The standard InChI is InChI=1S/C11H20N2O/c1-11(5-4-6-12(2)3)13-7-9-14-10-8-13/h11H,6-10H2,1-3H3. The van der Waals surface area contributed by atoms with Gasteiger partial charge in [0.2, 0.25) is 0 Å². The highest BCUT2D eigenvalue weighted by molar-refractivity contribution is 5.08. The van der Waals surface area contributed by atoms with E-state index in [9.17, 15) is 0 Å². The van der Waals surface area contributed by atoms with Gasteiger partial charge in [-0.25, -0.2) is 0 Å². The number of hydrogen-bond donors (Lipinski definition) is 0. The zero-order valence-corrected chi connectivity index (χ0v) is 9.42. The number of morpholine rings is 1. The van der Waals surface area contributed by atoms with Crippen molar-refractivity contribution in [3.05, 3.63) is 0 Å². The highest BCUT2D eigenvalue weighted by Crippen LogP contribution is 2.01. The average Bonchev–Trinajstić information content (AvgIpc) is 2.18. The molecule has 1 atom stereocenters. The summed E-state index contributed by atoms with van der Waals surface area (Å²) in [5.74, 6) is 6.44. The normalized spacial score (nSPS) is 20.3. The molecule has 0 aromatic heterocycles. The first-order chi connectivity index (χ1) is 6.70. The Bertz CT molecular complexity index is 211. The van der Waals surface area contributed by atoms with Gasteiger partial charge in [-0.2, -0.15) is 0 Å². The molecule has 0 bridgehead atoms. The summed E-state index contributed by atoms with van der Waals surface area (Å²) in [7, 11) is 4.07. The Labute approximate surface area is 87.0 Å². The Morgan fingerprint density at radius 2 is 2.00 bits per heavy atom. The van der Waals surface area contributed by atoms with Gasteiger partial charge in [-0.3, -0.25) is 9.80 Å². The summed E-state index contributed by atoms with van der Waals surface area (Å²) in [5.41, 5.74) is 0. The lowest BCUT2D eigenvalue weighted by Crippen LogP contribution is -2.41. The van der Waals surface area contributed by atoms with E-state index in [0.29, 0.717) is 6.04 Å². The summed E-state index contributed by atoms with van der Waals surface area (Å²) in [5, 5.41) is 0. The minimum Gasteiger partial charge on any atom is -0.379 e. The van der Waals surface area contributed by atoms with Gasteiger partial charge >= 0.3 is 0 Å². The molecule has 0 aromatic carbocycles. The summed E-state index contributed by atoms with van der Waals surface area (Å²) < 4.78 is 5.29. The van der Waals surface area contributed by atoms with Crippen molar-refractivity contribution < 1.29 is 4.74 Å². The second-order valence-electron chi connectivity index (χ2n) is 3.88. The highest BCUT2D eigenvalue weighted by atomic mass is 16.5. The van der Waals surface area contributed by atoms with E-state index in [4.69, 9.17) is 4.74 Å². The van der Waals surface area contributed by atoms with E-state index in [1.807, 2.05) is 14.1 Å². The molecular weight excluding hydrogens is 176 g/mol. The van der Waals surface area contributed by atoms with Crippen molar-refractivity contribution in [2.45, 2.75) is 13.0 Å². The summed E-state index contributed by atoms with van der Waals surface area (Å²) in [4.78, 5) is 4.45. The van der Waals surface area contributed by atoms with E-state index in [-0.39, 0.29) is 0 Å². The second kappa shape index (κ2) is 6.02. The molecule has 1 saturated heterocycles. The van der Waals surface area contributed by atoms with Crippen LogP contribution in [0.25, 0.3) is 0 Å². The molecule has 3 heteroatoms. The Morgan fingerprint density at radius 1 is 1.36 bits per heavy atom. The van der Waals surface area contributed by atoms with Crippen LogP contribution in [0.1, 0.15) is 6.92 Å². The monoisotopic (exact) mass is 196 g/mol. The molecule has 0 N–H and O–H groups in total. The average molecular weight is 196 g/mol. The van der Waals surface area contributed by atoms with Gasteiger partial charge in [-0.1, -0.05) is 11.8 Å². The van der Waals surface area contributed by atoms with Crippen LogP contribution in [0.3, 0.4) is 0 Å². The molecule has 0 radical (unpaired) electrons. The Balaban J connectivity index is 2.30. The quantitative estimate of drug-likeness (QED) is 0.590. The van der Waals surface area contributed by atoms with Gasteiger partial charge in [-0.05, 0) is 21.0 Å². The van der Waals surface area contributed by atoms with Crippen LogP contribution < -0.4 is 0 Å². The van der Waals surface area contributed by atoms with Crippen LogP contribution in [-0.4, -0.2) is 62.8 Å². The zero-order valence-electron chi connectivity index (χ0n) is 9.42. The first-order valence-electron chi connectivity index (χ1n) is 5.15. The Kier molecular flexibility index (Phi) is 4.95. The lowest BCUT2D eigenvalue weighted by Gasteiger charge is -2.29. The van der Waals surface area contributed by atoms with Crippen molar-refractivity contribution in [2.24, 2.45) is 0 Å². The minimum absolute atomic E-state index is 0.360. The Hall–Kier alpha value is -0.560. The van der Waals surface area contributed by atoms with E-state index in [2.05, 4.69) is 28.6 Å². The summed E-state index contributed by atoms with van der Waals surface area (Å²) in [6, 6.07) is 0.360. The topological polar surface area (TPSA) is 15.7 Å². The van der Waals surface area contributed by atoms with E-state index in [0.717, 1.165) is 32.8 Å². The van der Waals surface area contributed by atoms with E-state index in [1.165, 1.54) is 0 Å². The third-order valence-corrected chi connectivity index (χ3v) is 2.30. The molecule has 1 aliphatic heterocycles. The van der Waals surface area contributed by atoms with Crippen molar-refractivity contribution in [2.75, 3.05) is 46.9 Å². The van der Waals surface area contributed by atoms with Gasteiger partial charge < -0.3 is 4.74 Å². The molecule has 0 spiro atoms. The van der Waals surface area contributed by atoms with Crippen LogP contribution in [0.15, 0.2) is 0 Å². The fraction of sp³-hybridized carbons (Fsp3) is 0.818. The van der Waals surface area contributed by atoms with Crippen LogP contribution >= 0.6 is 0 Å². The molecule has 0 amide bonds. The maximum atomic E-state index is 5.29. The third kappa shape index (κ3) is 4.10. The summed E-state index contributed by atoms with van der Waals surface area (Å²) in [6.45, 7) is 6.72. The molecule has 0 saturated carbocycles. The van der Waals surface area contributed by atoms with Gasteiger partial charge in [0, 0.05) is 13.1 Å². The molecule has 1 rings (SSSR count).